The number of nitrogens with zero attached hydrogens (tertiary/aromatic N) is 2. The minimum atomic E-state index is -0.354. The van der Waals surface area contributed by atoms with E-state index in [9.17, 15) is 10.1 Å². The zero-order valence-electron chi connectivity index (χ0n) is 15.5. The molecule has 4 nitrogen and oxygen atoms in total. The van der Waals surface area contributed by atoms with Gasteiger partial charge in [-0.1, -0.05) is 37.3 Å². The highest BCUT2D eigenvalue weighted by Gasteiger charge is 2.18. The molecule has 0 N–H and O–H groups in total. The number of non-ortho nitro benzene ring substituents is 1. The molecule has 26 heavy (non-hydrogen) atoms. The molecule has 0 amide bonds. The lowest BCUT2D eigenvalue weighted by atomic mass is 9.99. The van der Waals surface area contributed by atoms with Gasteiger partial charge in [-0.05, 0) is 55.5 Å². The molecule has 0 saturated carbocycles. The molecule has 0 saturated heterocycles. The fraction of sp³-hybridized carbons (Fsp3) is 0.273. The molecular weight excluding hydrogens is 324 g/mol. The number of hydrogen-bond acceptors (Lipinski definition) is 2. The van der Waals surface area contributed by atoms with Gasteiger partial charge < -0.3 is 4.57 Å². The Kier molecular flexibility index (Phi) is 5.21. The quantitative estimate of drug-likeness (QED) is 0.437. The lowest BCUT2D eigenvalue weighted by molar-refractivity contribution is -0.384. The summed E-state index contributed by atoms with van der Waals surface area (Å²) in [6.45, 7) is 7.42. The van der Waals surface area contributed by atoms with Crippen molar-refractivity contribution in [3.63, 3.8) is 0 Å². The van der Waals surface area contributed by atoms with Crippen molar-refractivity contribution in [2.45, 2.75) is 40.2 Å². The van der Waals surface area contributed by atoms with Crippen LogP contribution in [-0.2, 0) is 19.4 Å². The molecule has 4 heteroatoms. The van der Waals surface area contributed by atoms with Crippen molar-refractivity contribution >= 4 is 5.69 Å². The number of hydrogen-bond donors (Lipinski definition) is 0. The van der Waals surface area contributed by atoms with Crippen LogP contribution in [0.25, 0.3) is 11.1 Å². The van der Waals surface area contributed by atoms with Crippen molar-refractivity contribution in [1.29, 1.82) is 0 Å². The van der Waals surface area contributed by atoms with Gasteiger partial charge in [0.25, 0.3) is 5.69 Å². The summed E-state index contributed by atoms with van der Waals surface area (Å²) in [6.07, 6.45) is 1.93. The van der Waals surface area contributed by atoms with Gasteiger partial charge in [0.15, 0.2) is 0 Å². The number of benzene rings is 2. The number of rotatable bonds is 6. The van der Waals surface area contributed by atoms with Crippen molar-refractivity contribution in [3.05, 3.63) is 87.2 Å². The van der Waals surface area contributed by atoms with Crippen molar-refractivity contribution in [1.82, 2.24) is 4.57 Å². The lowest BCUT2D eigenvalue weighted by Crippen LogP contribution is -2.05. The third kappa shape index (κ3) is 3.40. The molecule has 0 aliphatic carbocycles. The third-order valence-electron chi connectivity index (χ3n) is 5.10. The van der Waals surface area contributed by atoms with Crippen molar-refractivity contribution in [2.24, 2.45) is 0 Å². The average molecular weight is 348 g/mol. The summed E-state index contributed by atoms with van der Waals surface area (Å²) in [5.74, 6) is 0. The number of aryl methyl sites for hydroxylation is 1. The van der Waals surface area contributed by atoms with Gasteiger partial charge in [-0.15, -0.1) is 0 Å². The molecule has 0 unspecified atom stereocenters. The smallest absolute Gasteiger partial charge is 0.269 e. The third-order valence-corrected chi connectivity index (χ3v) is 5.10. The second kappa shape index (κ2) is 7.56. The highest BCUT2D eigenvalue weighted by atomic mass is 16.6. The molecule has 0 spiro atoms. The summed E-state index contributed by atoms with van der Waals surface area (Å²) in [6, 6.07) is 17.4. The Bertz CT molecular complexity index is 910. The zero-order chi connectivity index (χ0) is 18.7. The first-order valence-corrected chi connectivity index (χ1v) is 9.00. The van der Waals surface area contributed by atoms with Crippen LogP contribution in [0, 0.1) is 24.0 Å². The molecule has 3 rings (SSSR count). The maximum absolute atomic E-state index is 10.9. The number of nitro groups is 1. The van der Waals surface area contributed by atoms with E-state index in [1.807, 2.05) is 18.2 Å². The van der Waals surface area contributed by atoms with Crippen LogP contribution >= 0.6 is 0 Å². The maximum atomic E-state index is 10.9. The molecule has 0 aliphatic rings. The van der Waals surface area contributed by atoms with Gasteiger partial charge in [0.05, 0.1) is 4.92 Å². The molecule has 0 aliphatic heterocycles. The molecular formula is C22H24N2O2. The van der Waals surface area contributed by atoms with E-state index in [4.69, 9.17) is 0 Å². The Morgan fingerprint density at radius 1 is 0.962 bits per heavy atom. The van der Waals surface area contributed by atoms with E-state index in [2.05, 4.69) is 49.6 Å². The topological polar surface area (TPSA) is 48.1 Å². The Balaban J connectivity index is 1.96. The Morgan fingerprint density at radius 3 is 2.19 bits per heavy atom. The van der Waals surface area contributed by atoms with Crippen LogP contribution < -0.4 is 0 Å². The fourth-order valence-electron chi connectivity index (χ4n) is 3.74. The van der Waals surface area contributed by atoms with E-state index in [0.29, 0.717) is 0 Å². The minimum Gasteiger partial charge on any atom is -0.348 e. The summed E-state index contributed by atoms with van der Waals surface area (Å²) in [7, 11) is 0. The fourth-order valence-corrected chi connectivity index (χ4v) is 3.74. The van der Waals surface area contributed by atoms with Gasteiger partial charge >= 0.3 is 0 Å². The predicted octanol–water partition coefficient (Wildman–Crippen LogP) is 5.49. The Labute approximate surface area is 154 Å². The second-order valence-electron chi connectivity index (χ2n) is 6.57. The summed E-state index contributed by atoms with van der Waals surface area (Å²) < 4.78 is 2.38. The standard InChI is InChI=1S/C22H24N2O2/c1-4-21-16(2)23(15-14-18-8-6-5-7-9-18)17(3)22(21)19-10-12-20(13-11-19)24(25)26/h5-13H,4,14-15H2,1-3H3. The summed E-state index contributed by atoms with van der Waals surface area (Å²) in [5.41, 5.74) is 7.56. The van der Waals surface area contributed by atoms with E-state index in [-0.39, 0.29) is 10.6 Å². The van der Waals surface area contributed by atoms with E-state index in [1.54, 1.807) is 12.1 Å². The molecule has 2 aromatic carbocycles. The van der Waals surface area contributed by atoms with Crippen molar-refractivity contribution in [2.75, 3.05) is 0 Å². The van der Waals surface area contributed by atoms with Gasteiger partial charge in [-0.2, -0.15) is 0 Å². The Morgan fingerprint density at radius 2 is 1.62 bits per heavy atom. The molecule has 1 heterocycles. The van der Waals surface area contributed by atoms with Crippen molar-refractivity contribution < 1.29 is 4.92 Å². The van der Waals surface area contributed by atoms with E-state index in [1.165, 1.54) is 28.1 Å². The Hall–Kier alpha value is -2.88. The van der Waals surface area contributed by atoms with Gasteiger partial charge in [0.1, 0.15) is 0 Å². The highest BCUT2D eigenvalue weighted by Crippen LogP contribution is 2.33. The SMILES string of the molecule is CCc1c(-c2ccc([N+](=O)[O-])cc2)c(C)n(CCc2ccccc2)c1C. The number of aromatic nitrogens is 1. The van der Waals surface area contributed by atoms with Crippen LogP contribution in [0.5, 0.6) is 0 Å². The zero-order valence-corrected chi connectivity index (χ0v) is 15.5. The van der Waals surface area contributed by atoms with Crippen LogP contribution in [0.15, 0.2) is 54.6 Å². The molecule has 0 atom stereocenters. The highest BCUT2D eigenvalue weighted by molar-refractivity contribution is 5.72. The van der Waals surface area contributed by atoms with Gasteiger partial charge in [0, 0.05) is 35.6 Å². The minimum absolute atomic E-state index is 0.129. The lowest BCUT2D eigenvalue weighted by Gasteiger charge is -2.10. The molecule has 0 bridgehead atoms. The molecule has 3 aromatic rings. The van der Waals surface area contributed by atoms with E-state index >= 15 is 0 Å². The van der Waals surface area contributed by atoms with Gasteiger partial charge in [-0.25, -0.2) is 0 Å². The summed E-state index contributed by atoms with van der Waals surface area (Å²) in [5, 5.41) is 10.9. The predicted molar refractivity (Wildman–Crippen MR) is 106 cm³/mol. The number of nitro benzene ring substituents is 1. The van der Waals surface area contributed by atoms with Crippen LogP contribution in [0.3, 0.4) is 0 Å². The first-order valence-electron chi connectivity index (χ1n) is 9.00. The molecule has 0 fully saturated rings. The second-order valence-corrected chi connectivity index (χ2v) is 6.57. The maximum Gasteiger partial charge on any atom is 0.269 e. The first-order chi connectivity index (χ1) is 12.5. The van der Waals surface area contributed by atoms with E-state index in [0.717, 1.165) is 24.9 Å². The van der Waals surface area contributed by atoms with Crippen LogP contribution in [0.4, 0.5) is 5.69 Å². The monoisotopic (exact) mass is 348 g/mol. The molecule has 134 valence electrons. The summed E-state index contributed by atoms with van der Waals surface area (Å²) in [4.78, 5) is 10.6. The first kappa shape index (κ1) is 17.9. The molecule has 0 radical (unpaired) electrons. The van der Waals surface area contributed by atoms with E-state index < -0.39 is 0 Å². The molecule has 1 aromatic heterocycles. The average Bonchev–Trinajstić information content (AvgIpc) is 2.90. The summed E-state index contributed by atoms with van der Waals surface area (Å²) >= 11 is 0. The van der Waals surface area contributed by atoms with Crippen LogP contribution in [0.1, 0.15) is 29.4 Å². The normalized spacial score (nSPS) is 10.9. The van der Waals surface area contributed by atoms with Crippen LogP contribution in [0.2, 0.25) is 0 Å². The van der Waals surface area contributed by atoms with Crippen molar-refractivity contribution in [3.8, 4) is 11.1 Å². The van der Waals surface area contributed by atoms with Crippen LogP contribution in [-0.4, -0.2) is 9.49 Å². The van der Waals surface area contributed by atoms with Gasteiger partial charge in [-0.3, -0.25) is 10.1 Å². The largest absolute Gasteiger partial charge is 0.348 e. The van der Waals surface area contributed by atoms with Gasteiger partial charge in [0.2, 0.25) is 0 Å².